The van der Waals surface area contributed by atoms with Gasteiger partial charge in [0, 0.05) is 19.2 Å². The van der Waals surface area contributed by atoms with Crippen molar-refractivity contribution in [1.82, 2.24) is 34.4 Å². The third-order valence-electron chi connectivity index (χ3n) is 3.67. The minimum Gasteiger partial charge on any atom is -0.382 e. The van der Waals surface area contributed by atoms with Crippen LogP contribution in [0.25, 0.3) is 11.3 Å². The van der Waals surface area contributed by atoms with Gasteiger partial charge in [-0.1, -0.05) is 6.07 Å². The number of rotatable bonds is 5. The summed E-state index contributed by atoms with van der Waals surface area (Å²) in [6.07, 6.45) is 5.39. The van der Waals surface area contributed by atoms with Crippen molar-refractivity contribution in [3.05, 3.63) is 48.3 Å². The minimum atomic E-state index is 0.739. The van der Waals surface area contributed by atoms with Crippen LogP contribution < -0.4 is 5.32 Å². The highest BCUT2D eigenvalue weighted by atomic mass is 15.3. The number of nitrogens with one attached hydrogen (secondary N) is 1. The molecule has 4 aromatic heterocycles. The van der Waals surface area contributed by atoms with Crippen molar-refractivity contribution >= 4 is 17.0 Å². The Kier molecular flexibility index (Phi) is 3.34. The van der Waals surface area contributed by atoms with Gasteiger partial charge < -0.3 is 5.32 Å². The predicted molar refractivity (Wildman–Crippen MR) is 85.3 cm³/mol. The Labute approximate surface area is 132 Å². The quantitative estimate of drug-likeness (QED) is 0.563. The van der Waals surface area contributed by atoms with E-state index in [1.54, 1.807) is 10.8 Å². The SMILES string of the molecule is Cc1cc(NCCCc2nnc3ccccn23)c2nncn2n1. The number of hydrogen-bond donors (Lipinski definition) is 1. The molecule has 0 radical (unpaired) electrons. The van der Waals surface area contributed by atoms with Crippen LogP contribution in [0.1, 0.15) is 17.9 Å². The molecule has 0 fully saturated rings. The van der Waals surface area contributed by atoms with E-state index >= 15 is 0 Å². The summed E-state index contributed by atoms with van der Waals surface area (Å²) >= 11 is 0. The molecule has 0 saturated carbocycles. The summed E-state index contributed by atoms with van der Waals surface area (Å²) in [5.41, 5.74) is 3.48. The van der Waals surface area contributed by atoms with Crippen molar-refractivity contribution in [2.75, 3.05) is 11.9 Å². The topological polar surface area (TPSA) is 85.3 Å². The van der Waals surface area contributed by atoms with Crippen molar-refractivity contribution < 1.29 is 0 Å². The number of anilines is 1. The zero-order chi connectivity index (χ0) is 15.6. The van der Waals surface area contributed by atoms with Crippen LogP contribution in [0.15, 0.2) is 36.8 Å². The molecule has 0 atom stereocenters. The third-order valence-corrected chi connectivity index (χ3v) is 3.67. The van der Waals surface area contributed by atoms with E-state index in [1.807, 2.05) is 41.8 Å². The molecule has 0 aliphatic carbocycles. The monoisotopic (exact) mass is 308 g/mol. The van der Waals surface area contributed by atoms with Crippen molar-refractivity contribution in [3.8, 4) is 0 Å². The van der Waals surface area contributed by atoms with E-state index in [9.17, 15) is 0 Å². The molecule has 0 aromatic carbocycles. The first-order valence-corrected chi connectivity index (χ1v) is 7.51. The summed E-state index contributed by atoms with van der Waals surface area (Å²) in [5.74, 6) is 0.973. The van der Waals surface area contributed by atoms with E-state index in [-0.39, 0.29) is 0 Å². The first-order valence-electron chi connectivity index (χ1n) is 7.51. The van der Waals surface area contributed by atoms with Gasteiger partial charge in [-0.15, -0.1) is 20.4 Å². The lowest BCUT2D eigenvalue weighted by atomic mass is 10.3. The van der Waals surface area contributed by atoms with Gasteiger partial charge in [-0.25, -0.2) is 0 Å². The van der Waals surface area contributed by atoms with Gasteiger partial charge in [-0.2, -0.15) is 9.61 Å². The lowest BCUT2D eigenvalue weighted by molar-refractivity contribution is 0.787. The molecule has 0 aliphatic rings. The highest BCUT2D eigenvalue weighted by Crippen LogP contribution is 2.14. The zero-order valence-corrected chi connectivity index (χ0v) is 12.7. The van der Waals surface area contributed by atoms with Crippen molar-refractivity contribution in [1.29, 1.82) is 0 Å². The van der Waals surface area contributed by atoms with Gasteiger partial charge in [0.2, 0.25) is 5.65 Å². The lowest BCUT2D eigenvalue weighted by Gasteiger charge is -2.07. The van der Waals surface area contributed by atoms with Gasteiger partial charge in [0.25, 0.3) is 0 Å². The van der Waals surface area contributed by atoms with E-state index in [1.165, 1.54) is 0 Å². The Hall–Kier alpha value is -3.03. The number of aromatic nitrogens is 7. The van der Waals surface area contributed by atoms with E-state index in [0.717, 1.165) is 47.9 Å². The van der Waals surface area contributed by atoms with Gasteiger partial charge in [0.05, 0.1) is 11.4 Å². The summed E-state index contributed by atoms with van der Waals surface area (Å²) in [5, 5.41) is 24.1. The summed E-state index contributed by atoms with van der Waals surface area (Å²) in [6, 6.07) is 7.89. The normalized spacial score (nSPS) is 11.3. The molecule has 0 unspecified atom stereocenters. The third kappa shape index (κ3) is 2.59. The molecular weight excluding hydrogens is 292 g/mol. The molecule has 0 saturated heterocycles. The van der Waals surface area contributed by atoms with Crippen molar-refractivity contribution in [2.45, 2.75) is 19.8 Å². The Bertz CT molecular complexity index is 954. The standard InChI is InChI=1S/C15H16N8/c1-11-9-12(15-20-17-10-23(15)21-11)16-7-4-6-14-19-18-13-5-2-3-8-22(13)14/h2-3,5,8-10,16H,4,6-7H2,1H3. The van der Waals surface area contributed by atoms with Crippen LogP contribution in [0.4, 0.5) is 5.69 Å². The molecule has 0 amide bonds. The van der Waals surface area contributed by atoms with E-state index < -0.39 is 0 Å². The maximum atomic E-state index is 4.33. The van der Waals surface area contributed by atoms with Gasteiger partial charge in [-0.3, -0.25) is 4.40 Å². The number of aryl methyl sites for hydroxylation is 2. The molecule has 4 rings (SSSR count). The second-order valence-electron chi connectivity index (χ2n) is 5.37. The van der Waals surface area contributed by atoms with E-state index in [2.05, 4.69) is 30.8 Å². The van der Waals surface area contributed by atoms with Crippen LogP contribution in [0.3, 0.4) is 0 Å². The fourth-order valence-electron chi connectivity index (χ4n) is 2.61. The molecule has 0 aliphatic heterocycles. The molecule has 4 heterocycles. The summed E-state index contributed by atoms with van der Waals surface area (Å²) < 4.78 is 3.71. The molecule has 4 aromatic rings. The molecule has 8 heteroatoms. The van der Waals surface area contributed by atoms with Gasteiger partial charge in [-0.05, 0) is 31.5 Å². The fraction of sp³-hybridized carbons (Fsp3) is 0.267. The van der Waals surface area contributed by atoms with Gasteiger partial charge in [0.1, 0.15) is 12.2 Å². The Balaban J connectivity index is 1.43. The Morgan fingerprint density at radius 1 is 1.17 bits per heavy atom. The zero-order valence-electron chi connectivity index (χ0n) is 12.7. The van der Waals surface area contributed by atoms with Crippen LogP contribution in [0, 0.1) is 6.92 Å². The first kappa shape index (κ1) is 13.6. The second-order valence-corrected chi connectivity index (χ2v) is 5.37. The maximum Gasteiger partial charge on any atom is 0.200 e. The second kappa shape index (κ2) is 5.64. The lowest BCUT2D eigenvalue weighted by Crippen LogP contribution is -2.07. The number of fused-ring (bicyclic) bond motifs is 2. The number of pyridine rings is 1. The van der Waals surface area contributed by atoms with Crippen LogP contribution in [-0.2, 0) is 6.42 Å². The van der Waals surface area contributed by atoms with Crippen molar-refractivity contribution in [2.24, 2.45) is 0 Å². The molecule has 0 spiro atoms. The maximum absolute atomic E-state index is 4.33. The van der Waals surface area contributed by atoms with Gasteiger partial charge >= 0.3 is 0 Å². The smallest absolute Gasteiger partial charge is 0.200 e. The number of nitrogens with zero attached hydrogens (tertiary/aromatic N) is 7. The largest absolute Gasteiger partial charge is 0.382 e. The Morgan fingerprint density at radius 3 is 3.09 bits per heavy atom. The minimum absolute atomic E-state index is 0.739. The average molecular weight is 308 g/mol. The molecule has 0 bridgehead atoms. The number of hydrogen-bond acceptors (Lipinski definition) is 6. The highest BCUT2D eigenvalue weighted by Gasteiger charge is 2.07. The van der Waals surface area contributed by atoms with Crippen LogP contribution >= 0.6 is 0 Å². The van der Waals surface area contributed by atoms with Crippen LogP contribution in [0.2, 0.25) is 0 Å². The van der Waals surface area contributed by atoms with Crippen molar-refractivity contribution in [3.63, 3.8) is 0 Å². The van der Waals surface area contributed by atoms with Gasteiger partial charge in [0.15, 0.2) is 5.65 Å². The average Bonchev–Trinajstić information content (AvgIpc) is 3.18. The molecular formula is C15H16N8. The molecule has 8 nitrogen and oxygen atoms in total. The summed E-state index contributed by atoms with van der Waals surface area (Å²) in [7, 11) is 0. The Morgan fingerprint density at radius 2 is 2.13 bits per heavy atom. The van der Waals surface area contributed by atoms with E-state index in [0.29, 0.717) is 0 Å². The first-order chi connectivity index (χ1) is 11.3. The predicted octanol–water partition coefficient (Wildman–Crippen LogP) is 1.52. The van der Waals surface area contributed by atoms with Crippen LogP contribution in [0.5, 0.6) is 0 Å². The molecule has 23 heavy (non-hydrogen) atoms. The summed E-state index contributed by atoms with van der Waals surface area (Å²) in [6.45, 7) is 2.76. The summed E-state index contributed by atoms with van der Waals surface area (Å²) in [4.78, 5) is 0. The molecule has 116 valence electrons. The highest BCUT2D eigenvalue weighted by molar-refractivity contribution is 5.66. The van der Waals surface area contributed by atoms with Crippen LogP contribution in [-0.4, -0.2) is 41.0 Å². The fourth-order valence-corrected chi connectivity index (χ4v) is 2.61. The molecule has 1 N–H and O–H groups in total. The van der Waals surface area contributed by atoms with E-state index in [4.69, 9.17) is 0 Å².